The van der Waals surface area contributed by atoms with Crippen LogP contribution in [0.4, 0.5) is 5.69 Å². The van der Waals surface area contributed by atoms with E-state index in [9.17, 15) is 24.8 Å². The summed E-state index contributed by atoms with van der Waals surface area (Å²) in [7, 11) is 5.13. The number of non-ortho nitro benzene ring substituents is 1. The molecule has 1 heterocycles. The average molecular weight is 425 g/mol. The van der Waals surface area contributed by atoms with Crippen molar-refractivity contribution in [1.82, 2.24) is 9.80 Å². The zero-order valence-electron chi connectivity index (χ0n) is 17.4. The predicted molar refractivity (Wildman–Crippen MR) is 114 cm³/mol. The smallest absolute Gasteiger partial charge is 0.295 e. The minimum atomic E-state index is -0.953. The van der Waals surface area contributed by atoms with Crippen LogP contribution in [0.15, 0.2) is 54.1 Å². The molecule has 9 nitrogen and oxygen atoms in total. The number of methoxy groups -OCH3 is 1. The van der Waals surface area contributed by atoms with Gasteiger partial charge in [0.2, 0.25) is 0 Å². The molecule has 0 spiro atoms. The van der Waals surface area contributed by atoms with Crippen molar-refractivity contribution in [3.8, 4) is 5.75 Å². The van der Waals surface area contributed by atoms with Gasteiger partial charge in [0.05, 0.1) is 23.6 Å². The number of likely N-dealkylation sites (tertiary alicyclic amines) is 1. The summed E-state index contributed by atoms with van der Waals surface area (Å²) in [4.78, 5) is 39.7. The summed E-state index contributed by atoms with van der Waals surface area (Å²) in [6, 6.07) is 11.3. The van der Waals surface area contributed by atoms with Crippen LogP contribution in [-0.2, 0) is 9.59 Å². The number of ether oxygens (including phenoxy) is 1. The predicted octanol–water partition coefficient (Wildman–Crippen LogP) is 2.59. The van der Waals surface area contributed by atoms with Crippen molar-refractivity contribution in [2.24, 2.45) is 0 Å². The number of Topliss-reactive ketones (excluding diaryl/α,β-unsaturated/α-hetero) is 1. The fourth-order valence-electron chi connectivity index (χ4n) is 3.50. The first-order chi connectivity index (χ1) is 14.7. The fourth-order valence-corrected chi connectivity index (χ4v) is 3.50. The molecule has 0 unspecified atom stereocenters. The summed E-state index contributed by atoms with van der Waals surface area (Å²) in [6.07, 6.45) is 0. The minimum absolute atomic E-state index is 0.113. The van der Waals surface area contributed by atoms with Gasteiger partial charge in [-0.3, -0.25) is 19.7 Å². The first-order valence-electron chi connectivity index (χ1n) is 9.56. The Morgan fingerprint density at radius 3 is 2.55 bits per heavy atom. The molecule has 1 N–H and O–H groups in total. The summed E-state index contributed by atoms with van der Waals surface area (Å²) in [5.74, 6) is -1.49. The molecule has 9 heteroatoms. The zero-order chi connectivity index (χ0) is 22.7. The lowest BCUT2D eigenvalue weighted by Crippen LogP contribution is -2.35. The summed E-state index contributed by atoms with van der Waals surface area (Å²) < 4.78 is 5.18. The number of amides is 1. The van der Waals surface area contributed by atoms with E-state index in [4.69, 9.17) is 4.74 Å². The molecule has 1 atom stereocenters. The molecule has 0 bridgehead atoms. The van der Waals surface area contributed by atoms with Crippen LogP contribution < -0.4 is 4.74 Å². The van der Waals surface area contributed by atoms with Crippen LogP contribution in [0.3, 0.4) is 0 Å². The van der Waals surface area contributed by atoms with E-state index in [1.165, 1.54) is 30.2 Å². The van der Waals surface area contributed by atoms with Crippen LogP contribution in [0.5, 0.6) is 5.75 Å². The van der Waals surface area contributed by atoms with E-state index in [1.807, 2.05) is 19.0 Å². The molecule has 1 fully saturated rings. The van der Waals surface area contributed by atoms with Gasteiger partial charge in [-0.25, -0.2) is 0 Å². The van der Waals surface area contributed by atoms with Crippen molar-refractivity contribution in [2.75, 3.05) is 34.3 Å². The number of hydrogen-bond donors (Lipinski definition) is 1. The Bertz CT molecular complexity index is 1060. The molecule has 162 valence electrons. The quantitative estimate of drug-likeness (QED) is 0.238. The Kier molecular flexibility index (Phi) is 6.36. The number of ketones is 1. The van der Waals surface area contributed by atoms with Crippen LogP contribution in [0, 0.1) is 10.1 Å². The van der Waals surface area contributed by atoms with Crippen LogP contribution >= 0.6 is 0 Å². The number of carbonyl (C=O) groups is 2. The monoisotopic (exact) mass is 425 g/mol. The number of aliphatic hydroxyl groups is 1. The van der Waals surface area contributed by atoms with Gasteiger partial charge in [0.25, 0.3) is 17.4 Å². The molecular weight excluding hydrogens is 402 g/mol. The van der Waals surface area contributed by atoms with E-state index in [0.717, 1.165) is 0 Å². The third kappa shape index (κ3) is 4.41. The second-order valence-corrected chi connectivity index (χ2v) is 7.38. The Morgan fingerprint density at radius 1 is 1.19 bits per heavy atom. The average Bonchev–Trinajstić information content (AvgIpc) is 3.02. The lowest BCUT2D eigenvalue weighted by atomic mass is 9.95. The maximum atomic E-state index is 12.9. The van der Waals surface area contributed by atoms with Gasteiger partial charge in [-0.1, -0.05) is 24.3 Å². The van der Waals surface area contributed by atoms with Gasteiger partial charge >= 0.3 is 0 Å². The Balaban J connectivity index is 2.19. The molecule has 1 saturated heterocycles. The van der Waals surface area contributed by atoms with Crippen LogP contribution in [0.1, 0.15) is 17.2 Å². The van der Waals surface area contributed by atoms with E-state index in [2.05, 4.69) is 0 Å². The van der Waals surface area contributed by atoms with Crippen molar-refractivity contribution >= 4 is 23.1 Å². The van der Waals surface area contributed by atoms with Crippen molar-refractivity contribution in [2.45, 2.75) is 6.04 Å². The molecule has 0 saturated carbocycles. The molecule has 0 radical (unpaired) electrons. The van der Waals surface area contributed by atoms with Gasteiger partial charge in [0.1, 0.15) is 11.5 Å². The van der Waals surface area contributed by atoms with Crippen molar-refractivity contribution < 1.29 is 24.4 Å². The molecule has 1 aliphatic heterocycles. The Labute approximate surface area is 179 Å². The fraction of sp³-hybridized carbons (Fsp3) is 0.273. The Morgan fingerprint density at radius 2 is 1.90 bits per heavy atom. The second kappa shape index (κ2) is 8.97. The van der Waals surface area contributed by atoms with Crippen LogP contribution in [0.2, 0.25) is 0 Å². The molecule has 1 aliphatic rings. The highest BCUT2D eigenvalue weighted by Crippen LogP contribution is 2.40. The van der Waals surface area contributed by atoms with Crippen LogP contribution in [0.25, 0.3) is 5.76 Å². The first kappa shape index (κ1) is 22.0. The van der Waals surface area contributed by atoms with Crippen molar-refractivity contribution in [3.05, 3.63) is 75.3 Å². The number of aliphatic hydroxyl groups excluding tert-OH is 1. The summed E-state index contributed by atoms with van der Waals surface area (Å²) in [6.45, 7) is 0.678. The highest BCUT2D eigenvalue weighted by Gasteiger charge is 2.46. The largest absolute Gasteiger partial charge is 0.507 e. The van der Waals surface area contributed by atoms with Gasteiger partial charge in [0, 0.05) is 30.8 Å². The molecule has 2 aromatic rings. The van der Waals surface area contributed by atoms with Crippen LogP contribution in [-0.4, -0.2) is 65.8 Å². The van der Waals surface area contributed by atoms with E-state index < -0.39 is 22.7 Å². The molecular formula is C22H23N3O6. The maximum absolute atomic E-state index is 12.9. The maximum Gasteiger partial charge on any atom is 0.295 e. The molecule has 2 aromatic carbocycles. The number of nitro groups is 1. The standard InChI is InChI=1S/C22H23N3O6/c1-23(2)10-11-24-19(14-6-4-8-16(12-14)25(29)30)18(21(27)22(24)28)20(26)15-7-5-9-17(13-15)31-3/h4-9,12-13,19,26H,10-11H2,1-3H3/b20-18+/t19-/m0/s1. The lowest BCUT2D eigenvalue weighted by molar-refractivity contribution is -0.384. The number of benzene rings is 2. The first-order valence-corrected chi connectivity index (χ1v) is 9.56. The highest BCUT2D eigenvalue weighted by atomic mass is 16.6. The number of likely N-dealkylation sites (N-methyl/N-ethyl adjacent to an activating group) is 1. The van der Waals surface area contributed by atoms with E-state index >= 15 is 0 Å². The molecule has 31 heavy (non-hydrogen) atoms. The van der Waals surface area contributed by atoms with E-state index in [-0.39, 0.29) is 23.6 Å². The summed E-state index contributed by atoms with van der Waals surface area (Å²) >= 11 is 0. The normalized spacial score (nSPS) is 17.9. The van der Waals surface area contributed by atoms with Crippen molar-refractivity contribution in [3.63, 3.8) is 0 Å². The number of nitro benzene ring substituents is 1. The molecule has 3 rings (SSSR count). The zero-order valence-corrected chi connectivity index (χ0v) is 17.4. The molecule has 1 amide bonds. The number of hydrogen-bond acceptors (Lipinski definition) is 7. The van der Waals surface area contributed by atoms with Gasteiger partial charge in [-0.05, 0) is 31.8 Å². The Hall–Kier alpha value is -3.72. The van der Waals surface area contributed by atoms with E-state index in [1.54, 1.807) is 30.3 Å². The minimum Gasteiger partial charge on any atom is -0.507 e. The van der Waals surface area contributed by atoms with E-state index in [0.29, 0.717) is 23.4 Å². The summed E-state index contributed by atoms with van der Waals surface area (Å²) in [5, 5.41) is 22.3. The number of carbonyl (C=O) groups excluding carboxylic acids is 2. The SMILES string of the molecule is COc1cccc(/C(O)=C2\C(=O)C(=O)N(CCN(C)C)[C@H]2c2cccc([N+](=O)[O-])c2)c1. The molecule has 0 aliphatic carbocycles. The second-order valence-electron chi connectivity index (χ2n) is 7.38. The third-order valence-electron chi connectivity index (χ3n) is 5.07. The van der Waals surface area contributed by atoms with Gasteiger partial charge in [-0.2, -0.15) is 0 Å². The number of rotatable bonds is 7. The topological polar surface area (TPSA) is 113 Å². The third-order valence-corrected chi connectivity index (χ3v) is 5.07. The van der Waals surface area contributed by atoms with Gasteiger partial charge in [0.15, 0.2) is 0 Å². The lowest BCUT2D eigenvalue weighted by Gasteiger charge is -2.26. The number of nitrogens with zero attached hydrogens (tertiary/aromatic N) is 3. The van der Waals surface area contributed by atoms with Crippen molar-refractivity contribution in [1.29, 1.82) is 0 Å². The van der Waals surface area contributed by atoms with Gasteiger partial charge in [-0.15, -0.1) is 0 Å². The van der Waals surface area contributed by atoms with Gasteiger partial charge < -0.3 is 19.6 Å². The highest BCUT2D eigenvalue weighted by molar-refractivity contribution is 6.46. The molecule has 0 aromatic heterocycles. The summed E-state index contributed by atoms with van der Waals surface area (Å²) in [5.41, 5.74) is 0.395.